The zero-order chi connectivity index (χ0) is 14.2. The smallest absolute Gasteiger partial charge is 0.400 e. The Labute approximate surface area is 107 Å². The van der Waals surface area contributed by atoms with Gasteiger partial charge in [-0.2, -0.15) is 8.42 Å². The van der Waals surface area contributed by atoms with Gasteiger partial charge < -0.3 is 19.7 Å². The van der Waals surface area contributed by atoms with Crippen molar-refractivity contribution in [3.05, 3.63) is 0 Å². The summed E-state index contributed by atoms with van der Waals surface area (Å²) < 4.78 is 40.8. The summed E-state index contributed by atoms with van der Waals surface area (Å²) >= 11 is 0. The molecule has 2 aliphatic heterocycles. The van der Waals surface area contributed by atoms with Gasteiger partial charge in [0, 0.05) is 0 Å². The summed E-state index contributed by atoms with van der Waals surface area (Å²) in [4.78, 5) is 21.6. The number of hydrogen-bond acceptors (Lipinski definition) is 8. The molecular formula is C8H10O10S. The first-order valence-electron chi connectivity index (χ1n) is 5.10. The van der Waals surface area contributed by atoms with Crippen molar-refractivity contribution < 1.29 is 46.1 Å². The molecule has 0 aromatic rings. The second-order valence-corrected chi connectivity index (χ2v) is 5.10. The molecule has 0 bridgehead atoms. The third-order valence-electron chi connectivity index (χ3n) is 2.57. The fourth-order valence-electron chi connectivity index (χ4n) is 1.68. The van der Waals surface area contributed by atoms with Gasteiger partial charge in [0.05, 0.1) is 13.2 Å². The van der Waals surface area contributed by atoms with Crippen LogP contribution in [-0.2, 0) is 37.8 Å². The number of carboxylic acid groups (broad SMARTS) is 2. The molecule has 2 N–H and O–H groups in total. The molecule has 19 heavy (non-hydrogen) atoms. The maximum Gasteiger partial charge on any atom is 0.400 e. The van der Waals surface area contributed by atoms with E-state index in [1.54, 1.807) is 0 Å². The minimum Gasteiger partial charge on any atom is -0.480 e. The molecule has 0 spiro atoms. The maximum atomic E-state index is 11.0. The lowest BCUT2D eigenvalue weighted by atomic mass is 10.1. The Morgan fingerprint density at radius 3 is 2.32 bits per heavy atom. The average molecular weight is 298 g/mol. The summed E-state index contributed by atoms with van der Waals surface area (Å²) in [5.74, 6) is -5.16. The third-order valence-corrected chi connectivity index (χ3v) is 3.48. The standard InChI is InChI=1S/C8H10O10S/c9-6(10)5(7(11)12)8-15-1-4-3(17-8)2-16-19(13,14)18-4/h3-5,8H,1-2H2,(H,9,10)(H,11,12)/t3-,4+,8?/m1/s1. The Balaban J connectivity index is 2.07. The van der Waals surface area contributed by atoms with E-state index in [4.69, 9.17) is 19.7 Å². The van der Waals surface area contributed by atoms with Crippen LogP contribution in [0.3, 0.4) is 0 Å². The molecule has 0 aliphatic carbocycles. The van der Waals surface area contributed by atoms with Gasteiger partial charge in [-0.3, -0.25) is 9.59 Å². The molecule has 0 aromatic heterocycles. The van der Waals surface area contributed by atoms with Gasteiger partial charge in [0.15, 0.2) is 6.29 Å². The van der Waals surface area contributed by atoms with Crippen molar-refractivity contribution in [2.24, 2.45) is 5.92 Å². The van der Waals surface area contributed by atoms with Gasteiger partial charge >= 0.3 is 22.3 Å². The van der Waals surface area contributed by atoms with Crippen LogP contribution >= 0.6 is 0 Å². The number of ether oxygens (including phenoxy) is 2. The Bertz CT molecular complexity index is 470. The number of carboxylic acids is 2. The van der Waals surface area contributed by atoms with E-state index >= 15 is 0 Å². The van der Waals surface area contributed by atoms with Crippen molar-refractivity contribution >= 4 is 22.3 Å². The summed E-state index contributed by atoms with van der Waals surface area (Å²) in [6.45, 7) is -0.701. The van der Waals surface area contributed by atoms with Crippen LogP contribution in [0.2, 0.25) is 0 Å². The first kappa shape index (κ1) is 14.1. The van der Waals surface area contributed by atoms with Crippen LogP contribution < -0.4 is 0 Å². The van der Waals surface area contributed by atoms with Crippen LogP contribution in [0.5, 0.6) is 0 Å². The maximum absolute atomic E-state index is 11.0. The highest BCUT2D eigenvalue weighted by molar-refractivity contribution is 7.81. The normalized spacial score (nSPS) is 33.6. The fraction of sp³-hybridized carbons (Fsp3) is 0.750. The summed E-state index contributed by atoms with van der Waals surface area (Å²) in [6, 6.07) is 0. The quantitative estimate of drug-likeness (QED) is 0.570. The van der Waals surface area contributed by atoms with Crippen molar-refractivity contribution in [2.45, 2.75) is 18.5 Å². The average Bonchev–Trinajstić information content (AvgIpc) is 2.27. The lowest BCUT2D eigenvalue weighted by Gasteiger charge is -2.38. The van der Waals surface area contributed by atoms with Crippen LogP contribution in [0.4, 0.5) is 0 Å². The molecule has 0 saturated carbocycles. The highest BCUT2D eigenvalue weighted by atomic mass is 32.3. The Morgan fingerprint density at radius 2 is 1.74 bits per heavy atom. The number of hydrogen-bond donors (Lipinski definition) is 2. The zero-order valence-electron chi connectivity index (χ0n) is 9.29. The van der Waals surface area contributed by atoms with Crippen LogP contribution in [0.15, 0.2) is 0 Å². The first-order chi connectivity index (χ1) is 8.80. The van der Waals surface area contributed by atoms with E-state index in [9.17, 15) is 18.0 Å². The molecule has 2 fully saturated rings. The summed E-state index contributed by atoms with van der Waals surface area (Å²) in [7, 11) is -4.12. The Hall–Kier alpha value is -1.27. The number of carbonyl (C=O) groups is 2. The fourth-order valence-corrected chi connectivity index (χ4v) is 2.51. The van der Waals surface area contributed by atoms with E-state index in [2.05, 4.69) is 8.37 Å². The first-order valence-corrected chi connectivity index (χ1v) is 6.44. The van der Waals surface area contributed by atoms with Gasteiger partial charge in [0.1, 0.15) is 12.2 Å². The van der Waals surface area contributed by atoms with E-state index in [0.717, 1.165) is 0 Å². The molecule has 3 atom stereocenters. The molecule has 0 radical (unpaired) electrons. The molecule has 2 saturated heterocycles. The predicted octanol–water partition coefficient (Wildman–Crippen LogP) is -1.83. The Morgan fingerprint density at radius 1 is 1.11 bits per heavy atom. The van der Waals surface area contributed by atoms with Crippen molar-refractivity contribution in [1.29, 1.82) is 0 Å². The molecule has 10 nitrogen and oxygen atoms in total. The Kier molecular flexibility index (Phi) is 3.73. The van der Waals surface area contributed by atoms with E-state index in [1.165, 1.54) is 0 Å². The predicted molar refractivity (Wildman–Crippen MR) is 53.1 cm³/mol. The molecular weight excluding hydrogens is 288 g/mol. The molecule has 108 valence electrons. The monoisotopic (exact) mass is 298 g/mol. The van der Waals surface area contributed by atoms with Gasteiger partial charge in [0.25, 0.3) is 0 Å². The van der Waals surface area contributed by atoms with Gasteiger partial charge in [-0.15, -0.1) is 0 Å². The number of rotatable bonds is 3. The second-order valence-electron chi connectivity index (χ2n) is 3.86. The van der Waals surface area contributed by atoms with Gasteiger partial charge in [-0.25, -0.2) is 8.37 Å². The topological polar surface area (TPSA) is 146 Å². The van der Waals surface area contributed by atoms with Crippen molar-refractivity contribution in [2.75, 3.05) is 13.2 Å². The molecule has 2 aliphatic rings. The number of aliphatic carboxylic acids is 2. The van der Waals surface area contributed by atoms with Crippen LogP contribution in [0.25, 0.3) is 0 Å². The molecule has 2 rings (SSSR count). The lowest BCUT2D eigenvalue weighted by molar-refractivity contribution is -0.275. The summed E-state index contributed by atoms with van der Waals surface area (Å²) in [5, 5.41) is 17.6. The highest BCUT2D eigenvalue weighted by Gasteiger charge is 2.47. The van der Waals surface area contributed by atoms with Crippen LogP contribution in [-0.4, -0.2) is 62.3 Å². The third kappa shape index (κ3) is 3.01. The van der Waals surface area contributed by atoms with E-state index in [1.807, 2.05) is 0 Å². The highest BCUT2D eigenvalue weighted by Crippen LogP contribution is 2.26. The minimum absolute atomic E-state index is 0.311. The summed E-state index contributed by atoms with van der Waals surface area (Å²) in [5.41, 5.74) is 0. The van der Waals surface area contributed by atoms with Gasteiger partial charge in [-0.05, 0) is 0 Å². The zero-order valence-corrected chi connectivity index (χ0v) is 10.1. The largest absolute Gasteiger partial charge is 0.480 e. The minimum atomic E-state index is -4.12. The molecule has 1 unspecified atom stereocenters. The summed E-state index contributed by atoms with van der Waals surface area (Å²) in [6.07, 6.45) is -3.44. The molecule has 2 heterocycles. The van der Waals surface area contributed by atoms with Crippen molar-refractivity contribution in [3.63, 3.8) is 0 Å². The van der Waals surface area contributed by atoms with E-state index in [0.29, 0.717) is 0 Å². The van der Waals surface area contributed by atoms with Crippen LogP contribution in [0, 0.1) is 5.92 Å². The molecule has 0 aromatic carbocycles. The second kappa shape index (κ2) is 5.02. The number of fused-ring (bicyclic) bond motifs is 1. The molecule has 11 heteroatoms. The van der Waals surface area contributed by atoms with Crippen LogP contribution in [0.1, 0.15) is 0 Å². The van der Waals surface area contributed by atoms with E-state index in [-0.39, 0.29) is 6.61 Å². The van der Waals surface area contributed by atoms with E-state index < -0.39 is 53.4 Å². The van der Waals surface area contributed by atoms with Crippen molar-refractivity contribution in [3.8, 4) is 0 Å². The molecule has 0 amide bonds. The SMILES string of the molecule is O=C(O)C(C(=O)O)C1OC[C@@H]2OS(=O)(=O)OC[C@H]2O1. The van der Waals surface area contributed by atoms with Gasteiger partial charge in [-0.1, -0.05) is 0 Å². The lowest BCUT2D eigenvalue weighted by Crippen LogP contribution is -2.55. The van der Waals surface area contributed by atoms with Gasteiger partial charge in [0.2, 0.25) is 5.92 Å². The van der Waals surface area contributed by atoms with Crippen molar-refractivity contribution in [1.82, 2.24) is 0 Å².